The molecule has 0 radical (unpaired) electrons. The van der Waals surface area contributed by atoms with Gasteiger partial charge in [0.2, 0.25) is 10.0 Å². The molecule has 4 rings (SSSR count). The fourth-order valence-electron chi connectivity index (χ4n) is 6.03. The molecule has 0 bridgehead atoms. The van der Waals surface area contributed by atoms with Crippen LogP contribution in [-0.2, 0) is 27.5 Å². The molecule has 11 heteroatoms. The van der Waals surface area contributed by atoms with Crippen LogP contribution in [0.2, 0.25) is 0 Å². The van der Waals surface area contributed by atoms with Crippen LogP contribution in [-0.4, -0.2) is 43.7 Å². The molecule has 7 nitrogen and oxygen atoms in total. The van der Waals surface area contributed by atoms with Gasteiger partial charge >= 0.3 is 6.18 Å². The Bertz CT molecular complexity index is 1360. The van der Waals surface area contributed by atoms with Gasteiger partial charge in [0.15, 0.2) is 0 Å². The first-order chi connectivity index (χ1) is 19.1. The van der Waals surface area contributed by atoms with Crippen LogP contribution in [0.15, 0.2) is 23.1 Å². The second-order valence-corrected chi connectivity index (χ2v) is 14.1. The Kier molecular flexibility index (Phi) is 9.31. The molecular formula is C30H42F3N3O4S. The maximum Gasteiger partial charge on any atom is 0.417 e. The number of aromatic nitrogens is 1. The molecule has 2 heterocycles. The predicted molar refractivity (Wildman–Crippen MR) is 152 cm³/mol. The Morgan fingerprint density at radius 1 is 1.00 bits per heavy atom. The maximum atomic E-state index is 14.5. The number of benzene rings is 1. The highest BCUT2D eigenvalue weighted by Crippen LogP contribution is 2.40. The molecule has 0 atom stereocenters. The summed E-state index contributed by atoms with van der Waals surface area (Å²) in [4.78, 5) is 12.6. The van der Waals surface area contributed by atoms with Crippen LogP contribution >= 0.6 is 0 Å². The predicted octanol–water partition coefficient (Wildman–Crippen LogP) is 6.36. The van der Waals surface area contributed by atoms with Crippen molar-refractivity contribution in [1.82, 2.24) is 14.6 Å². The number of hydrogen-bond acceptors (Lipinski definition) is 4. The second kappa shape index (κ2) is 12.1. The van der Waals surface area contributed by atoms with Gasteiger partial charge in [0.1, 0.15) is 0 Å². The zero-order chi connectivity index (χ0) is 30.2. The Morgan fingerprint density at radius 3 is 2.22 bits per heavy atom. The lowest BCUT2D eigenvalue weighted by Gasteiger charge is -2.26. The average Bonchev–Trinajstić information content (AvgIpc) is 3.18. The Labute approximate surface area is 241 Å². The molecule has 1 aromatic heterocycles. The van der Waals surface area contributed by atoms with Crippen LogP contribution in [0.5, 0.6) is 0 Å². The minimum atomic E-state index is -4.91. The quantitative estimate of drug-likeness (QED) is 0.389. The first-order valence-electron chi connectivity index (χ1n) is 14.4. The summed E-state index contributed by atoms with van der Waals surface area (Å²) in [6, 6.07) is 4.03. The number of alkyl halides is 3. The number of hydrogen-bond donors (Lipinski definition) is 2. The van der Waals surface area contributed by atoms with E-state index in [0.717, 1.165) is 31.7 Å². The Hall–Kier alpha value is -2.37. The van der Waals surface area contributed by atoms with Crippen molar-refractivity contribution in [2.24, 2.45) is 5.92 Å². The summed E-state index contributed by atoms with van der Waals surface area (Å²) in [5.41, 5.74) is -0.388. The minimum Gasteiger partial charge on any atom is -0.381 e. The van der Waals surface area contributed by atoms with E-state index in [4.69, 9.17) is 4.74 Å². The van der Waals surface area contributed by atoms with Gasteiger partial charge in [0, 0.05) is 42.7 Å². The van der Waals surface area contributed by atoms with Gasteiger partial charge in [-0.3, -0.25) is 4.79 Å². The molecule has 1 amide bonds. The fourth-order valence-corrected chi connectivity index (χ4v) is 7.88. The van der Waals surface area contributed by atoms with Gasteiger partial charge in [-0.05, 0) is 95.5 Å². The molecule has 1 aliphatic carbocycles. The molecule has 1 saturated carbocycles. The maximum absolute atomic E-state index is 14.5. The molecule has 0 unspecified atom stereocenters. The van der Waals surface area contributed by atoms with Crippen LogP contribution in [0.1, 0.15) is 92.9 Å². The van der Waals surface area contributed by atoms with Crippen molar-refractivity contribution in [2.75, 3.05) is 13.2 Å². The third-order valence-electron chi connectivity index (χ3n) is 7.92. The van der Waals surface area contributed by atoms with Crippen LogP contribution in [0, 0.1) is 19.8 Å². The Morgan fingerprint density at radius 2 is 1.63 bits per heavy atom. The largest absolute Gasteiger partial charge is 0.417 e. The molecule has 2 aliphatic rings. The third-order valence-corrected chi connectivity index (χ3v) is 9.88. The topological polar surface area (TPSA) is 89.4 Å². The van der Waals surface area contributed by atoms with Crippen LogP contribution in [0.4, 0.5) is 13.2 Å². The monoisotopic (exact) mass is 597 g/mol. The number of rotatable bonds is 7. The van der Waals surface area contributed by atoms with Crippen molar-refractivity contribution < 1.29 is 31.1 Å². The number of sulfonamides is 1. The SMILES string of the molecule is Cc1cc(-c2cc(C(=O)NC3CCOCC3)c(C)n2CC2CCCCC2)cc(C(F)(F)F)c1S(=O)(=O)NC(C)(C)C. The summed E-state index contributed by atoms with van der Waals surface area (Å²) in [5.74, 6) is 0.0817. The number of nitrogens with zero attached hydrogens (tertiary/aromatic N) is 1. The minimum absolute atomic E-state index is 0.0112. The summed E-state index contributed by atoms with van der Waals surface area (Å²) in [6.07, 6.45) is 1.89. The molecule has 0 spiro atoms. The van der Waals surface area contributed by atoms with Gasteiger partial charge in [-0.2, -0.15) is 13.2 Å². The second-order valence-electron chi connectivity index (χ2n) is 12.5. The third kappa shape index (κ3) is 7.53. The van der Waals surface area contributed by atoms with E-state index in [1.165, 1.54) is 19.4 Å². The molecule has 1 aromatic carbocycles. The van der Waals surface area contributed by atoms with Gasteiger partial charge in [0.25, 0.3) is 5.91 Å². The van der Waals surface area contributed by atoms with Gasteiger partial charge in [-0.25, -0.2) is 13.1 Å². The van der Waals surface area contributed by atoms with Crippen LogP contribution < -0.4 is 10.0 Å². The summed E-state index contributed by atoms with van der Waals surface area (Å²) in [6.45, 7) is 9.66. The van der Waals surface area contributed by atoms with E-state index in [9.17, 15) is 26.4 Å². The summed E-state index contributed by atoms with van der Waals surface area (Å²) in [5, 5.41) is 3.07. The van der Waals surface area contributed by atoms with Gasteiger partial charge in [0.05, 0.1) is 16.0 Å². The highest BCUT2D eigenvalue weighted by molar-refractivity contribution is 7.89. The molecule has 1 saturated heterocycles. The van der Waals surface area contributed by atoms with Gasteiger partial charge < -0.3 is 14.6 Å². The lowest BCUT2D eigenvalue weighted by atomic mass is 9.89. The number of nitrogens with one attached hydrogen (secondary N) is 2. The number of halogens is 3. The number of ether oxygens (including phenoxy) is 1. The van der Waals surface area contributed by atoms with E-state index in [-0.39, 0.29) is 23.1 Å². The van der Waals surface area contributed by atoms with Gasteiger partial charge in [-0.1, -0.05) is 19.3 Å². The standard InChI is InChI=1S/C30H42F3N3O4S/c1-19-15-22(16-25(30(31,32)33)27(19)41(38,39)35-29(3,4)5)26-17-24(28(37)34-23-11-13-40-14-12-23)20(2)36(26)18-21-9-7-6-8-10-21/h15-17,21,23,35H,6-14,18H2,1-5H3,(H,34,37). The highest BCUT2D eigenvalue weighted by Gasteiger charge is 2.40. The fraction of sp³-hybridized carbons (Fsp3) is 0.633. The molecule has 2 N–H and O–H groups in total. The van der Waals surface area contributed by atoms with Crippen molar-refractivity contribution in [2.45, 2.75) is 109 Å². The molecule has 2 fully saturated rings. The molecule has 1 aliphatic heterocycles. The first-order valence-corrected chi connectivity index (χ1v) is 15.9. The summed E-state index contributed by atoms with van der Waals surface area (Å²) >= 11 is 0. The average molecular weight is 598 g/mol. The van der Waals surface area contributed by atoms with Crippen LogP contribution in [0.25, 0.3) is 11.3 Å². The number of amides is 1. The smallest absolute Gasteiger partial charge is 0.381 e. The summed E-state index contributed by atoms with van der Waals surface area (Å²) in [7, 11) is -4.48. The van der Waals surface area contributed by atoms with Crippen molar-refractivity contribution in [1.29, 1.82) is 0 Å². The van der Waals surface area contributed by atoms with E-state index < -0.39 is 32.2 Å². The lowest BCUT2D eigenvalue weighted by molar-refractivity contribution is -0.139. The molecular weight excluding hydrogens is 555 g/mol. The first kappa shape index (κ1) is 31.6. The van der Waals surface area contributed by atoms with E-state index in [0.29, 0.717) is 55.5 Å². The van der Waals surface area contributed by atoms with E-state index >= 15 is 0 Å². The number of carbonyl (C=O) groups is 1. The van der Waals surface area contributed by atoms with Crippen molar-refractivity contribution in [3.05, 3.63) is 40.6 Å². The van der Waals surface area contributed by atoms with Crippen molar-refractivity contribution in [3.63, 3.8) is 0 Å². The number of carbonyl (C=O) groups excluding carboxylic acids is 1. The van der Waals surface area contributed by atoms with Crippen molar-refractivity contribution >= 4 is 15.9 Å². The molecule has 2 aromatic rings. The van der Waals surface area contributed by atoms with E-state index in [1.807, 2.05) is 11.5 Å². The molecule has 41 heavy (non-hydrogen) atoms. The highest BCUT2D eigenvalue weighted by atomic mass is 32.2. The van der Waals surface area contributed by atoms with E-state index in [2.05, 4.69) is 10.0 Å². The van der Waals surface area contributed by atoms with Crippen molar-refractivity contribution in [3.8, 4) is 11.3 Å². The normalized spacial score (nSPS) is 18.0. The summed E-state index contributed by atoms with van der Waals surface area (Å²) < 4.78 is 79.4. The number of aryl methyl sites for hydroxylation is 1. The molecule has 228 valence electrons. The van der Waals surface area contributed by atoms with E-state index in [1.54, 1.807) is 26.8 Å². The zero-order valence-corrected chi connectivity index (χ0v) is 25.4. The van der Waals surface area contributed by atoms with Crippen LogP contribution in [0.3, 0.4) is 0 Å². The Balaban J connectivity index is 1.83. The zero-order valence-electron chi connectivity index (χ0n) is 24.6. The van der Waals surface area contributed by atoms with Gasteiger partial charge in [-0.15, -0.1) is 0 Å². The lowest BCUT2D eigenvalue weighted by Crippen LogP contribution is -2.41.